The third kappa shape index (κ3) is 2.76. The summed E-state index contributed by atoms with van der Waals surface area (Å²) >= 11 is 1.40. The Kier molecular flexibility index (Phi) is 4.16. The van der Waals surface area contributed by atoms with Crippen molar-refractivity contribution < 1.29 is 19.4 Å². The molecule has 6 nitrogen and oxygen atoms in total. The van der Waals surface area contributed by atoms with Gasteiger partial charge in [0, 0.05) is 31.1 Å². The maximum atomic E-state index is 12.0. The molecule has 1 amide bonds. The van der Waals surface area contributed by atoms with Crippen molar-refractivity contribution >= 4 is 23.2 Å². The summed E-state index contributed by atoms with van der Waals surface area (Å²) in [7, 11) is 1.55. The molecular formula is C12H16N2O4S. The van der Waals surface area contributed by atoms with E-state index in [0.29, 0.717) is 18.2 Å². The van der Waals surface area contributed by atoms with E-state index in [1.165, 1.54) is 11.3 Å². The molecule has 7 heteroatoms. The molecule has 1 aromatic rings. The number of aryl methyl sites for hydroxylation is 1. The van der Waals surface area contributed by atoms with Gasteiger partial charge < -0.3 is 14.7 Å². The summed E-state index contributed by atoms with van der Waals surface area (Å²) in [6.45, 7) is 2.63. The summed E-state index contributed by atoms with van der Waals surface area (Å²) in [4.78, 5) is 29.2. The SMILES string of the molecule is COCCN1C(=O)CC(C(=O)O)C1c1nc(C)cs1. The van der Waals surface area contributed by atoms with E-state index >= 15 is 0 Å². The van der Waals surface area contributed by atoms with Gasteiger partial charge in [-0.25, -0.2) is 4.98 Å². The summed E-state index contributed by atoms with van der Waals surface area (Å²) in [6, 6.07) is -0.473. The molecule has 2 heterocycles. The van der Waals surface area contributed by atoms with Gasteiger partial charge in [0.05, 0.1) is 18.6 Å². The van der Waals surface area contributed by atoms with E-state index in [9.17, 15) is 14.7 Å². The molecule has 1 saturated heterocycles. The molecule has 0 aliphatic carbocycles. The minimum atomic E-state index is -0.953. The van der Waals surface area contributed by atoms with Gasteiger partial charge in [-0.3, -0.25) is 9.59 Å². The number of likely N-dealkylation sites (tertiary alicyclic amines) is 1. The van der Waals surface area contributed by atoms with Crippen LogP contribution in [-0.2, 0) is 14.3 Å². The van der Waals surface area contributed by atoms with Crippen LogP contribution in [0.25, 0.3) is 0 Å². The van der Waals surface area contributed by atoms with E-state index in [2.05, 4.69) is 4.98 Å². The zero-order chi connectivity index (χ0) is 14.0. The van der Waals surface area contributed by atoms with Crippen LogP contribution in [-0.4, -0.2) is 47.1 Å². The summed E-state index contributed by atoms with van der Waals surface area (Å²) in [5.74, 6) is -1.83. The normalized spacial score (nSPS) is 23.1. The summed E-state index contributed by atoms with van der Waals surface area (Å²) in [6.07, 6.45) is 0.0301. The molecule has 2 rings (SSSR count). The number of thiazole rings is 1. The predicted molar refractivity (Wildman–Crippen MR) is 68.9 cm³/mol. The quantitative estimate of drug-likeness (QED) is 0.875. The number of carboxylic acid groups (broad SMARTS) is 1. The van der Waals surface area contributed by atoms with Crippen molar-refractivity contribution in [3.63, 3.8) is 0 Å². The number of ether oxygens (including phenoxy) is 1. The number of amides is 1. The number of aromatic nitrogens is 1. The minimum Gasteiger partial charge on any atom is -0.481 e. The lowest BCUT2D eigenvalue weighted by Crippen LogP contribution is -2.33. The molecule has 104 valence electrons. The smallest absolute Gasteiger partial charge is 0.309 e. The Hall–Kier alpha value is -1.47. The van der Waals surface area contributed by atoms with Crippen LogP contribution >= 0.6 is 11.3 Å². The Bertz CT molecular complexity index is 488. The molecule has 19 heavy (non-hydrogen) atoms. The summed E-state index contributed by atoms with van der Waals surface area (Å²) < 4.78 is 4.98. The van der Waals surface area contributed by atoms with Gasteiger partial charge in [-0.15, -0.1) is 11.3 Å². The van der Waals surface area contributed by atoms with E-state index in [-0.39, 0.29) is 12.3 Å². The number of carbonyl (C=O) groups is 2. The van der Waals surface area contributed by atoms with Gasteiger partial charge in [0.25, 0.3) is 0 Å². The monoisotopic (exact) mass is 284 g/mol. The highest BCUT2D eigenvalue weighted by Crippen LogP contribution is 2.39. The number of methoxy groups -OCH3 is 1. The number of hydrogen-bond donors (Lipinski definition) is 1. The Morgan fingerprint density at radius 3 is 2.95 bits per heavy atom. The lowest BCUT2D eigenvalue weighted by Gasteiger charge is -2.24. The molecule has 0 aromatic carbocycles. The van der Waals surface area contributed by atoms with E-state index in [0.717, 1.165) is 5.69 Å². The van der Waals surface area contributed by atoms with E-state index in [1.807, 2.05) is 12.3 Å². The third-order valence-electron chi connectivity index (χ3n) is 3.18. The number of carboxylic acids is 1. The first-order valence-corrected chi connectivity index (χ1v) is 6.85. The molecule has 0 saturated carbocycles. The van der Waals surface area contributed by atoms with Gasteiger partial charge >= 0.3 is 5.97 Å². The maximum Gasteiger partial charge on any atom is 0.309 e. The van der Waals surface area contributed by atoms with Gasteiger partial charge in [0.15, 0.2) is 0 Å². The van der Waals surface area contributed by atoms with E-state index in [4.69, 9.17) is 4.74 Å². The molecule has 2 atom stereocenters. The fraction of sp³-hybridized carbons (Fsp3) is 0.583. The second kappa shape index (κ2) is 5.66. The van der Waals surface area contributed by atoms with Crippen molar-refractivity contribution in [2.75, 3.05) is 20.3 Å². The first kappa shape index (κ1) is 14.0. The molecule has 0 spiro atoms. The van der Waals surface area contributed by atoms with Crippen LogP contribution in [0.4, 0.5) is 0 Å². The van der Waals surface area contributed by atoms with E-state index in [1.54, 1.807) is 12.0 Å². The molecule has 2 unspecified atom stereocenters. The second-order valence-corrected chi connectivity index (χ2v) is 5.39. The van der Waals surface area contributed by atoms with Gasteiger partial charge in [0.2, 0.25) is 5.91 Å². The Balaban J connectivity index is 2.30. The highest BCUT2D eigenvalue weighted by molar-refractivity contribution is 7.09. The fourth-order valence-electron chi connectivity index (χ4n) is 2.28. The Morgan fingerprint density at radius 2 is 2.42 bits per heavy atom. The Labute approximate surface area is 115 Å². The van der Waals surface area contributed by atoms with Crippen molar-refractivity contribution in [1.82, 2.24) is 9.88 Å². The van der Waals surface area contributed by atoms with Crippen molar-refractivity contribution in [2.24, 2.45) is 5.92 Å². The molecule has 1 N–H and O–H groups in total. The summed E-state index contributed by atoms with van der Waals surface area (Å²) in [5, 5.41) is 11.8. The predicted octanol–water partition coefficient (Wildman–Crippen LogP) is 1.07. The highest BCUT2D eigenvalue weighted by atomic mass is 32.1. The number of nitrogens with zero attached hydrogens (tertiary/aromatic N) is 2. The topological polar surface area (TPSA) is 79.7 Å². The first-order chi connectivity index (χ1) is 9.04. The Morgan fingerprint density at radius 1 is 1.68 bits per heavy atom. The van der Waals surface area contributed by atoms with Crippen molar-refractivity contribution in [3.8, 4) is 0 Å². The van der Waals surface area contributed by atoms with Crippen LogP contribution in [0.5, 0.6) is 0 Å². The molecular weight excluding hydrogens is 268 g/mol. The molecule has 1 aliphatic rings. The maximum absolute atomic E-state index is 12.0. The molecule has 1 fully saturated rings. The molecule has 1 aliphatic heterocycles. The van der Waals surface area contributed by atoms with Crippen LogP contribution in [0.3, 0.4) is 0 Å². The standard InChI is InChI=1S/C12H16N2O4S/c1-7-6-19-11(13-7)10-8(12(16)17)5-9(15)14(10)3-4-18-2/h6,8,10H,3-5H2,1-2H3,(H,16,17). The van der Waals surface area contributed by atoms with Crippen LogP contribution in [0.2, 0.25) is 0 Å². The van der Waals surface area contributed by atoms with E-state index < -0.39 is 17.9 Å². The van der Waals surface area contributed by atoms with Crippen LogP contribution in [0, 0.1) is 12.8 Å². The zero-order valence-electron chi connectivity index (χ0n) is 10.8. The lowest BCUT2D eigenvalue weighted by molar-refractivity contribution is -0.142. The number of carbonyl (C=O) groups excluding carboxylic acids is 1. The number of aliphatic carboxylic acids is 1. The first-order valence-electron chi connectivity index (χ1n) is 5.98. The number of rotatable bonds is 5. The summed E-state index contributed by atoms with van der Waals surface area (Å²) in [5.41, 5.74) is 0.843. The van der Waals surface area contributed by atoms with Crippen LogP contribution in [0.1, 0.15) is 23.2 Å². The average molecular weight is 284 g/mol. The van der Waals surface area contributed by atoms with Crippen LogP contribution < -0.4 is 0 Å². The van der Waals surface area contributed by atoms with Gasteiger partial charge in [-0.05, 0) is 6.92 Å². The average Bonchev–Trinajstić information content (AvgIpc) is 2.90. The second-order valence-electron chi connectivity index (χ2n) is 4.50. The highest BCUT2D eigenvalue weighted by Gasteiger charge is 2.45. The third-order valence-corrected chi connectivity index (χ3v) is 4.21. The minimum absolute atomic E-state index is 0.0301. The van der Waals surface area contributed by atoms with Crippen molar-refractivity contribution in [3.05, 3.63) is 16.1 Å². The molecule has 0 bridgehead atoms. The van der Waals surface area contributed by atoms with Crippen molar-refractivity contribution in [2.45, 2.75) is 19.4 Å². The van der Waals surface area contributed by atoms with Gasteiger partial charge in [-0.1, -0.05) is 0 Å². The van der Waals surface area contributed by atoms with Gasteiger partial charge in [-0.2, -0.15) is 0 Å². The fourth-order valence-corrected chi connectivity index (χ4v) is 3.25. The largest absolute Gasteiger partial charge is 0.481 e. The van der Waals surface area contributed by atoms with Crippen LogP contribution in [0.15, 0.2) is 5.38 Å². The lowest BCUT2D eigenvalue weighted by atomic mass is 10.0. The zero-order valence-corrected chi connectivity index (χ0v) is 11.6. The van der Waals surface area contributed by atoms with Gasteiger partial charge in [0.1, 0.15) is 5.01 Å². The molecule has 0 radical (unpaired) electrons. The van der Waals surface area contributed by atoms with Crippen molar-refractivity contribution in [1.29, 1.82) is 0 Å². The number of hydrogen-bond acceptors (Lipinski definition) is 5. The molecule has 1 aromatic heterocycles.